The predicted octanol–water partition coefficient (Wildman–Crippen LogP) is 3.35. The van der Waals surface area contributed by atoms with Crippen LogP contribution in [-0.2, 0) is 6.54 Å². The van der Waals surface area contributed by atoms with Gasteiger partial charge >= 0.3 is 0 Å². The number of aromatic nitrogens is 1. The van der Waals surface area contributed by atoms with Crippen LogP contribution in [0.3, 0.4) is 0 Å². The lowest BCUT2D eigenvalue weighted by molar-refractivity contribution is 0.383. The van der Waals surface area contributed by atoms with Crippen molar-refractivity contribution in [2.24, 2.45) is 0 Å². The summed E-state index contributed by atoms with van der Waals surface area (Å²) in [6, 6.07) is 7.64. The van der Waals surface area contributed by atoms with Gasteiger partial charge in [0.2, 0.25) is 0 Å². The summed E-state index contributed by atoms with van der Waals surface area (Å²) in [6.45, 7) is 2.64. The molecule has 1 aromatic carbocycles. The second-order valence-corrected chi connectivity index (χ2v) is 4.80. The second kappa shape index (κ2) is 6.57. The van der Waals surface area contributed by atoms with Gasteiger partial charge in [-0.15, -0.1) is 0 Å². The summed E-state index contributed by atoms with van der Waals surface area (Å²) in [4.78, 5) is 0. The minimum atomic E-state index is -0.286. The van der Waals surface area contributed by atoms with Crippen LogP contribution in [0.5, 0.6) is 5.75 Å². The second-order valence-electron chi connectivity index (χ2n) is 4.80. The van der Waals surface area contributed by atoms with E-state index in [0.29, 0.717) is 18.2 Å². The van der Waals surface area contributed by atoms with Crippen molar-refractivity contribution in [2.75, 3.05) is 14.2 Å². The lowest BCUT2D eigenvalue weighted by Gasteiger charge is -2.12. The van der Waals surface area contributed by atoms with Crippen LogP contribution in [0.2, 0.25) is 0 Å². The SMILES string of the molecule is CCC(NC)c1ccn(Cc2cccc(OC)c2F)c1. The Hall–Kier alpha value is -1.81. The lowest BCUT2D eigenvalue weighted by atomic mass is 10.1. The average molecular weight is 276 g/mol. The Balaban J connectivity index is 2.19. The fourth-order valence-electron chi connectivity index (χ4n) is 2.40. The Morgan fingerprint density at radius 2 is 2.15 bits per heavy atom. The fourth-order valence-corrected chi connectivity index (χ4v) is 2.40. The highest BCUT2D eigenvalue weighted by Gasteiger charge is 2.11. The van der Waals surface area contributed by atoms with Crippen molar-refractivity contribution in [3.63, 3.8) is 0 Å². The van der Waals surface area contributed by atoms with E-state index in [4.69, 9.17) is 4.74 Å². The van der Waals surface area contributed by atoms with Gasteiger partial charge in [0.15, 0.2) is 11.6 Å². The summed E-state index contributed by atoms with van der Waals surface area (Å²) in [7, 11) is 3.43. The fraction of sp³-hybridized carbons (Fsp3) is 0.375. The van der Waals surface area contributed by atoms with E-state index in [1.807, 2.05) is 23.9 Å². The highest BCUT2D eigenvalue weighted by atomic mass is 19.1. The first-order valence-corrected chi connectivity index (χ1v) is 6.83. The number of nitrogens with one attached hydrogen (secondary N) is 1. The summed E-state index contributed by atoms with van der Waals surface area (Å²) in [6.07, 6.45) is 5.06. The molecule has 0 fully saturated rings. The molecule has 0 saturated heterocycles. The summed E-state index contributed by atoms with van der Waals surface area (Å²) in [5.41, 5.74) is 1.85. The zero-order valence-electron chi connectivity index (χ0n) is 12.2. The lowest BCUT2D eigenvalue weighted by Crippen LogP contribution is -2.14. The van der Waals surface area contributed by atoms with Gasteiger partial charge in [0.05, 0.1) is 13.7 Å². The minimum Gasteiger partial charge on any atom is -0.494 e. The van der Waals surface area contributed by atoms with Crippen molar-refractivity contribution < 1.29 is 9.13 Å². The van der Waals surface area contributed by atoms with Gasteiger partial charge in [0, 0.05) is 24.0 Å². The van der Waals surface area contributed by atoms with Crippen LogP contribution in [-0.4, -0.2) is 18.7 Å². The third kappa shape index (κ3) is 3.02. The van der Waals surface area contributed by atoms with E-state index in [2.05, 4.69) is 24.5 Å². The van der Waals surface area contributed by atoms with Crippen LogP contribution in [0.15, 0.2) is 36.7 Å². The quantitative estimate of drug-likeness (QED) is 0.875. The molecule has 0 spiro atoms. The maximum absolute atomic E-state index is 14.1. The molecule has 0 aliphatic heterocycles. The number of halogens is 1. The highest BCUT2D eigenvalue weighted by molar-refractivity contribution is 5.31. The molecular weight excluding hydrogens is 255 g/mol. The summed E-state index contributed by atoms with van der Waals surface area (Å²) in [5, 5.41) is 3.27. The van der Waals surface area contributed by atoms with Crippen LogP contribution in [0.1, 0.15) is 30.5 Å². The Labute approximate surface area is 119 Å². The van der Waals surface area contributed by atoms with Crippen LogP contribution in [0.4, 0.5) is 4.39 Å². The summed E-state index contributed by atoms with van der Waals surface area (Å²) < 4.78 is 21.1. The first-order valence-electron chi connectivity index (χ1n) is 6.83. The number of methoxy groups -OCH3 is 1. The molecule has 0 aliphatic rings. The third-order valence-electron chi connectivity index (χ3n) is 3.55. The first-order chi connectivity index (χ1) is 9.69. The van der Waals surface area contributed by atoms with Gasteiger partial charge in [-0.3, -0.25) is 0 Å². The van der Waals surface area contributed by atoms with Crippen LogP contribution >= 0.6 is 0 Å². The van der Waals surface area contributed by atoms with Crippen molar-refractivity contribution in [1.82, 2.24) is 9.88 Å². The number of hydrogen-bond donors (Lipinski definition) is 1. The molecule has 1 atom stereocenters. The van der Waals surface area contributed by atoms with E-state index < -0.39 is 0 Å². The molecule has 1 aromatic heterocycles. The molecule has 0 amide bonds. The van der Waals surface area contributed by atoms with Crippen molar-refractivity contribution in [1.29, 1.82) is 0 Å². The summed E-state index contributed by atoms with van der Waals surface area (Å²) >= 11 is 0. The smallest absolute Gasteiger partial charge is 0.170 e. The number of nitrogens with zero attached hydrogens (tertiary/aromatic N) is 1. The molecule has 108 valence electrons. The molecule has 2 rings (SSSR count). The number of hydrogen-bond acceptors (Lipinski definition) is 2. The molecule has 1 unspecified atom stereocenters. The maximum Gasteiger partial charge on any atom is 0.170 e. The number of benzene rings is 1. The minimum absolute atomic E-state index is 0.286. The highest BCUT2D eigenvalue weighted by Crippen LogP contribution is 2.22. The zero-order chi connectivity index (χ0) is 14.5. The molecule has 3 nitrogen and oxygen atoms in total. The monoisotopic (exact) mass is 276 g/mol. The van der Waals surface area contributed by atoms with Crippen molar-refractivity contribution in [3.05, 3.63) is 53.6 Å². The molecular formula is C16H21FN2O. The van der Waals surface area contributed by atoms with Gasteiger partial charge in [-0.25, -0.2) is 4.39 Å². The van der Waals surface area contributed by atoms with E-state index in [1.165, 1.54) is 12.7 Å². The van der Waals surface area contributed by atoms with E-state index in [0.717, 1.165) is 6.42 Å². The van der Waals surface area contributed by atoms with Crippen molar-refractivity contribution in [3.8, 4) is 5.75 Å². The average Bonchev–Trinajstić information content (AvgIpc) is 2.91. The van der Waals surface area contributed by atoms with E-state index in [1.54, 1.807) is 12.1 Å². The molecule has 20 heavy (non-hydrogen) atoms. The molecule has 4 heteroatoms. The van der Waals surface area contributed by atoms with Crippen LogP contribution in [0, 0.1) is 5.82 Å². The largest absolute Gasteiger partial charge is 0.494 e. The van der Waals surface area contributed by atoms with Crippen molar-refractivity contribution in [2.45, 2.75) is 25.9 Å². The normalized spacial score (nSPS) is 12.4. The van der Waals surface area contributed by atoms with Crippen molar-refractivity contribution >= 4 is 0 Å². The first kappa shape index (κ1) is 14.6. The third-order valence-corrected chi connectivity index (χ3v) is 3.55. The molecule has 0 aliphatic carbocycles. The van der Waals surface area contributed by atoms with Gasteiger partial charge in [0.25, 0.3) is 0 Å². The molecule has 0 bridgehead atoms. The molecule has 1 N–H and O–H groups in total. The topological polar surface area (TPSA) is 26.2 Å². The standard InChI is InChI=1S/C16H21FN2O/c1-4-14(18-2)12-8-9-19(10-12)11-13-6-5-7-15(20-3)16(13)17/h5-10,14,18H,4,11H2,1-3H3. The van der Waals surface area contributed by atoms with Gasteiger partial charge in [-0.05, 0) is 31.2 Å². The van der Waals surface area contributed by atoms with Gasteiger partial charge in [-0.1, -0.05) is 19.1 Å². The van der Waals surface area contributed by atoms with Gasteiger partial charge in [-0.2, -0.15) is 0 Å². The van der Waals surface area contributed by atoms with Gasteiger partial charge < -0.3 is 14.6 Å². The Kier molecular flexibility index (Phi) is 4.79. The maximum atomic E-state index is 14.1. The van der Waals surface area contributed by atoms with E-state index >= 15 is 0 Å². The number of rotatable bonds is 6. The zero-order valence-corrected chi connectivity index (χ0v) is 12.2. The summed E-state index contributed by atoms with van der Waals surface area (Å²) in [5.74, 6) is 0.00227. The number of ether oxygens (including phenoxy) is 1. The molecule has 0 radical (unpaired) electrons. The molecule has 1 heterocycles. The Bertz CT molecular complexity index is 561. The predicted molar refractivity (Wildman–Crippen MR) is 78.6 cm³/mol. The Morgan fingerprint density at radius 1 is 1.35 bits per heavy atom. The van der Waals surface area contributed by atoms with E-state index in [-0.39, 0.29) is 11.6 Å². The Morgan fingerprint density at radius 3 is 2.80 bits per heavy atom. The van der Waals surface area contributed by atoms with E-state index in [9.17, 15) is 4.39 Å². The molecule has 2 aromatic rings. The van der Waals surface area contributed by atoms with Crippen LogP contribution < -0.4 is 10.1 Å². The van der Waals surface area contributed by atoms with Crippen LogP contribution in [0.25, 0.3) is 0 Å². The molecule has 0 saturated carbocycles. The van der Waals surface area contributed by atoms with Gasteiger partial charge in [0.1, 0.15) is 0 Å².